The highest BCUT2D eigenvalue weighted by Crippen LogP contribution is 2.37. The maximum absolute atomic E-state index is 13.2. The Labute approximate surface area is 215 Å². The standard InChI is InChI=1S/C26H20N6O4S/c27-14-17-6-9-19(10-7-17)28-25(34)29-20(12-16-4-2-1-3-5-16)23(33)30-26-32-31-24(37-26)18-8-11-21-22(13-18)36-15-35-21/h1-11,13,20H,12,15H2,(H2,28,29,34)(H,30,32,33). The quantitative estimate of drug-likeness (QED) is 0.338. The van der Waals surface area contributed by atoms with E-state index in [-0.39, 0.29) is 13.2 Å². The minimum absolute atomic E-state index is 0.171. The number of urea groups is 1. The van der Waals surface area contributed by atoms with Gasteiger partial charge in [0.2, 0.25) is 17.8 Å². The van der Waals surface area contributed by atoms with Crippen molar-refractivity contribution in [3.8, 4) is 28.1 Å². The Morgan fingerprint density at radius 1 is 0.973 bits per heavy atom. The van der Waals surface area contributed by atoms with E-state index in [1.807, 2.05) is 48.5 Å². The zero-order chi connectivity index (χ0) is 25.6. The zero-order valence-electron chi connectivity index (χ0n) is 19.3. The van der Waals surface area contributed by atoms with Gasteiger partial charge in [-0.05, 0) is 48.0 Å². The van der Waals surface area contributed by atoms with Crippen LogP contribution in [0.3, 0.4) is 0 Å². The van der Waals surface area contributed by atoms with Crippen LogP contribution >= 0.6 is 11.3 Å². The van der Waals surface area contributed by atoms with Gasteiger partial charge in [0.25, 0.3) is 0 Å². The van der Waals surface area contributed by atoms with Gasteiger partial charge in [0.05, 0.1) is 11.6 Å². The van der Waals surface area contributed by atoms with Gasteiger partial charge in [0, 0.05) is 17.7 Å². The second-order valence-electron chi connectivity index (χ2n) is 8.00. The minimum Gasteiger partial charge on any atom is -0.454 e. The lowest BCUT2D eigenvalue weighted by Crippen LogP contribution is -2.46. The van der Waals surface area contributed by atoms with Gasteiger partial charge in [0.1, 0.15) is 11.0 Å². The van der Waals surface area contributed by atoms with Crippen molar-refractivity contribution in [3.63, 3.8) is 0 Å². The molecule has 1 aromatic heterocycles. The van der Waals surface area contributed by atoms with Gasteiger partial charge in [-0.2, -0.15) is 5.26 Å². The van der Waals surface area contributed by atoms with Crippen molar-refractivity contribution in [2.75, 3.05) is 17.4 Å². The first-order chi connectivity index (χ1) is 18.1. The summed E-state index contributed by atoms with van der Waals surface area (Å²) in [6.45, 7) is 0.171. The number of nitrogens with one attached hydrogen (secondary N) is 3. The molecule has 10 nitrogen and oxygen atoms in total. The Morgan fingerprint density at radius 3 is 2.54 bits per heavy atom. The number of rotatable bonds is 7. The topological polar surface area (TPSA) is 138 Å². The van der Waals surface area contributed by atoms with Crippen LogP contribution in [0.25, 0.3) is 10.6 Å². The van der Waals surface area contributed by atoms with Crippen molar-refractivity contribution < 1.29 is 19.1 Å². The molecule has 11 heteroatoms. The molecule has 1 aliphatic heterocycles. The summed E-state index contributed by atoms with van der Waals surface area (Å²) in [5, 5.41) is 26.3. The molecule has 3 N–H and O–H groups in total. The zero-order valence-corrected chi connectivity index (χ0v) is 20.1. The lowest BCUT2D eigenvalue weighted by Gasteiger charge is -2.18. The van der Waals surface area contributed by atoms with E-state index in [0.29, 0.717) is 32.9 Å². The second kappa shape index (κ2) is 10.8. The molecular weight excluding hydrogens is 492 g/mol. The highest BCUT2D eigenvalue weighted by molar-refractivity contribution is 7.18. The lowest BCUT2D eigenvalue weighted by molar-refractivity contribution is -0.117. The fourth-order valence-electron chi connectivity index (χ4n) is 3.63. The van der Waals surface area contributed by atoms with E-state index in [9.17, 15) is 9.59 Å². The number of nitrogens with zero attached hydrogens (tertiary/aromatic N) is 3. The van der Waals surface area contributed by atoms with Crippen LogP contribution in [0.1, 0.15) is 11.1 Å². The summed E-state index contributed by atoms with van der Waals surface area (Å²) in [6, 6.07) is 21.8. The molecule has 3 amide bonds. The Bertz CT molecular complexity index is 1470. The van der Waals surface area contributed by atoms with E-state index >= 15 is 0 Å². The molecule has 0 spiro atoms. The fraction of sp³-hybridized carbons (Fsp3) is 0.115. The number of aromatic nitrogens is 2. The predicted molar refractivity (Wildman–Crippen MR) is 137 cm³/mol. The van der Waals surface area contributed by atoms with Gasteiger partial charge < -0.3 is 20.1 Å². The number of nitriles is 1. The van der Waals surface area contributed by atoms with Crippen LogP contribution in [0.5, 0.6) is 11.5 Å². The average molecular weight is 513 g/mol. The lowest BCUT2D eigenvalue weighted by atomic mass is 10.1. The maximum Gasteiger partial charge on any atom is 0.319 e. The average Bonchev–Trinajstić information content (AvgIpc) is 3.58. The molecule has 37 heavy (non-hydrogen) atoms. The van der Waals surface area contributed by atoms with Crippen molar-refractivity contribution in [1.29, 1.82) is 5.26 Å². The fourth-order valence-corrected chi connectivity index (χ4v) is 4.37. The highest BCUT2D eigenvalue weighted by atomic mass is 32.1. The van der Waals surface area contributed by atoms with E-state index in [2.05, 4.69) is 26.1 Å². The third-order valence-corrected chi connectivity index (χ3v) is 6.34. The molecule has 184 valence electrons. The van der Waals surface area contributed by atoms with Crippen LogP contribution in [0.15, 0.2) is 72.8 Å². The molecule has 1 unspecified atom stereocenters. The van der Waals surface area contributed by atoms with Crippen LogP contribution in [0.2, 0.25) is 0 Å². The molecule has 4 aromatic rings. The number of hydrogen-bond acceptors (Lipinski definition) is 8. The second-order valence-corrected chi connectivity index (χ2v) is 8.98. The molecule has 1 atom stereocenters. The first kappa shape index (κ1) is 23.8. The van der Waals surface area contributed by atoms with Crippen LogP contribution in [-0.2, 0) is 11.2 Å². The largest absolute Gasteiger partial charge is 0.454 e. The SMILES string of the molecule is N#Cc1ccc(NC(=O)NC(Cc2ccccc2)C(=O)Nc2nnc(-c3ccc4c(c3)OCO4)s2)cc1. The first-order valence-corrected chi connectivity index (χ1v) is 12.0. The Kier molecular flexibility index (Phi) is 6.91. The van der Waals surface area contributed by atoms with Gasteiger partial charge >= 0.3 is 6.03 Å². The molecule has 0 aliphatic carbocycles. The van der Waals surface area contributed by atoms with Crippen LogP contribution < -0.4 is 25.4 Å². The molecule has 0 fully saturated rings. The molecule has 2 heterocycles. The van der Waals surface area contributed by atoms with Crippen molar-refractivity contribution in [1.82, 2.24) is 15.5 Å². The Morgan fingerprint density at radius 2 is 1.76 bits per heavy atom. The van der Waals surface area contributed by atoms with Gasteiger partial charge in [-0.25, -0.2) is 4.79 Å². The summed E-state index contributed by atoms with van der Waals surface area (Å²) in [4.78, 5) is 25.9. The van der Waals surface area contributed by atoms with E-state index < -0.39 is 18.0 Å². The minimum atomic E-state index is -0.890. The number of hydrogen-bond donors (Lipinski definition) is 3. The molecular formula is C26H20N6O4S. The van der Waals surface area contributed by atoms with E-state index in [1.54, 1.807) is 30.3 Å². The molecule has 3 aromatic carbocycles. The Hall–Kier alpha value is -4.95. The number of carbonyl (C=O) groups excluding carboxylic acids is 2. The number of anilines is 2. The summed E-state index contributed by atoms with van der Waals surface area (Å²) in [5.74, 6) is 0.849. The predicted octanol–water partition coefficient (Wildman–Crippen LogP) is 4.18. The molecule has 1 aliphatic rings. The van der Waals surface area contributed by atoms with Crippen molar-refractivity contribution in [2.24, 2.45) is 0 Å². The monoisotopic (exact) mass is 512 g/mol. The number of amides is 3. The summed E-state index contributed by atoms with van der Waals surface area (Å²) in [7, 11) is 0. The number of benzene rings is 3. The molecule has 0 radical (unpaired) electrons. The van der Waals surface area contributed by atoms with Gasteiger partial charge in [-0.3, -0.25) is 10.1 Å². The molecule has 0 bridgehead atoms. The maximum atomic E-state index is 13.2. The van der Waals surface area contributed by atoms with Gasteiger partial charge in [-0.15, -0.1) is 10.2 Å². The van der Waals surface area contributed by atoms with Crippen LogP contribution in [0, 0.1) is 11.3 Å². The third-order valence-electron chi connectivity index (χ3n) is 5.45. The summed E-state index contributed by atoms with van der Waals surface area (Å²) in [5.41, 5.74) is 2.62. The van der Waals surface area contributed by atoms with Crippen molar-refractivity contribution in [3.05, 3.63) is 83.9 Å². The normalized spacial score (nSPS) is 12.3. The van der Waals surface area contributed by atoms with E-state index in [4.69, 9.17) is 14.7 Å². The smallest absolute Gasteiger partial charge is 0.319 e. The van der Waals surface area contributed by atoms with Gasteiger partial charge in [-0.1, -0.05) is 41.7 Å². The Balaban J connectivity index is 1.28. The first-order valence-electron chi connectivity index (χ1n) is 11.2. The number of fused-ring (bicyclic) bond motifs is 1. The summed E-state index contributed by atoms with van der Waals surface area (Å²) < 4.78 is 10.8. The molecule has 0 saturated heterocycles. The summed E-state index contributed by atoms with van der Waals surface area (Å²) in [6.07, 6.45) is 0.265. The van der Waals surface area contributed by atoms with E-state index in [0.717, 1.165) is 11.1 Å². The number of ether oxygens (including phenoxy) is 2. The van der Waals surface area contributed by atoms with Crippen molar-refractivity contribution >= 4 is 34.1 Å². The number of carbonyl (C=O) groups is 2. The summed E-state index contributed by atoms with van der Waals surface area (Å²) >= 11 is 1.20. The highest BCUT2D eigenvalue weighted by Gasteiger charge is 2.23. The van der Waals surface area contributed by atoms with Crippen LogP contribution in [-0.4, -0.2) is 35.0 Å². The van der Waals surface area contributed by atoms with E-state index in [1.165, 1.54) is 11.3 Å². The molecule has 5 rings (SSSR count). The van der Waals surface area contributed by atoms with Crippen LogP contribution in [0.4, 0.5) is 15.6 Å². The third kappa shape index (κ3) is 5.83. The van der Waals surface area contributed by atoms with Crippen molar-refractivity contribution in [2.45, 2.75) is 12.5 Å². The molecule has 0 saturated carbocycles. The van der Waals surface area contributed by atoms with Gasteiger partial charge in [0.15, 0.2) is 11.5 Å².